The largest absolute Gasteiger partial charge is 0.389 e. The molecular formula is C21H44N2O6. The first-order valence-electron chi connectivity index (χ1n) is 10.9. The first-order chi connectivity index (χ1) is 13.7. The first kappa shape index (κ1) is 26.7. The summed E-state index contributed by atoms with van der Waals surface area (Å²) in [4.78, 5) is 4.30. The van der Waals surface area contributed by atoms with Crippen LogP contribution in [0.4, 0.5) is 0 Å². The molecule has 0 bridgehead atoms. The third-order valence-corrected chi connectivity index (χ3v) is 5.03. The van der Waals surface area contributed by atoms with Crippen LogP contribution in [-0.2, 0) is 18.9 Å². The average molecular weight is 421 g/mol. The Morgan fingerprint density at radius 3 is 1.83 bits per heavy atom. The highest BCUT2D eigenvalue weighted by molar-refractivity contribution is 4.86. The van der Waals surface area contributed by atoms with Crippen LogP contribution in [0.5, 0.6) is 0 Å². The van der Waals surface area contributed by atoms with E-state index in [1.165, 1.54) is 0 Å². The molecule has 6 atom stereocenters. The Labute approximate surface area is 177 Å². The monoisotopic (exact) mass is 420 g/mol. The van der Waals surface area contributed by atoms with Gasteiger partial charge in [-0.2, -0.15) is 0 Å². The quantitative estimate of drug-likeness (QED) is 0.246. The third kappa shape index (κ3) is 13.6. The molecule has 1 aliphatic heterocycles. The number of likely N-dealkylation sites (N-methyl/N-ethyl adjacent to an activating group) is 1. The lowest BCUT2D eigenvalue weighted by Gasteiger charge is -2.24. The van der Waals surface area contributed by atoms with E-state index in [0.717, 1.165) is 6.54 Å². The number of hydrogen-bond acceptors (Lipinski definition) is 8. The Hall–Kier alpha value is -0.320. The van der Waals surface area contributed by atoms with Crippen LogP contribution in [-0.4, -0.2) is 123 Å². The normalized spacial score (nSPS) is 23.4. The fourth-order valence-corrected chi connectivity index (χ4v) is 2.80. The maximum absolute atomic E-state index is 9.96. The third-order valence-electron chi connectivity index (χ3n) is 5.03. The fourth-order valence-electron chi connectivity index (χ4n) is 2.80. The zero-order valence-electron chi connectivity index (χ0n) is 19.2. The van der Waals surface area contributed by atoms with E-state index >= 15 is 0 Å². The molecule has 2 N–H and O–H groups in total. The van der Waals surface area contributed by atoms with Crippen molar-refractivity contribution in [2.75, 3.05) is 66.3 Å². The molecule has 0 saturated carbocycles. The Balaban J connectivity index is 1.93. The molecule has 1 heterocycles. The predicted octanol–water partition coefficient (Wildman–Crippen LogP) is 0.596. The number of β-amino-alcohol motifs (C(OH)–C–C–N with tert-alkyl or cyclic N) is 1. The Morgan fingerprint density at radius 2 is 1.38 bits per heavy atom. The molecule has 1 saturated heterocycles. The molecule has 29 heavy (non-hydrogen) atoms. The van der Waals surface area contributed by atoms with Crippen molar-refractivity contribution in [3.05, 3.63) is 0 Å². The molecule has 8 heteroatoms. The molecule has 1 fully saturated rings. The van der Waals surface area contributed by atoms with Crippen LogP contribution in [0.15, 0.2) is 0 Å². The van der Waals surface area contributed by atoms with Gasteiger partial charge in [-0.15, -0.1) is 0 Å². The summed E-state index contributed by atoms with van der Waals surface area (Å²) in [5, 5.41) is 19.8. The molecule has 1 aliphatic rings. The number of hydrogen-bond donors (Lipinski definition) is 2. The van der Waals surface area contributed by atoms with Gasteiger partial charge in [0.05, 0.1) is 64.1 Å². The molecule has 0 amide bonds. The summed E-state index contributed by atoms with van der Waals surface area (Å²) in [6.45, 7) is 15.0. The van der Waals surface area contributed by atoms with Gasteiger partial charge in [0.15, 0.2) is 0 Å². The summed E-state index contributed by atoms with van der Waals surface area (Å²) < 4.78 is 22.4. The zero-order chi connectivity index (χ0) is 21.8. The van der Waals surface area contributed by atoms with E-state index in [0.29, 0.717) is 64.8 Å². The average Bonchev–Trinajstić information content (AvgIpc) is 3.32. The van der Waals surface area contributed by atoms with Crippen LogP contribution in [0.1, 0.15) is 34.6 Å². The molecule has 0 spiro atoms. The van der Waals surface area contributed by atoms with E-state index in [1.54, 1.807) is 0 Å². The van der Waals surface area contributed by atoms with Gasteiger partial charge in [-0.25, -0.2) is 0 Å². The van der Waals surface area contributed by atoms with Gasteiger partial charge >= 0.3 is 0 Å². The summed E-state index contributed by atoms with van der Waals surface area (Å²) in [5.74, 6) is 0. The minimum absolute atomic E-state index is 0.0504. The van der Waals surface area contributed by atoms with Crippen molar-refractivity contribution in [1.29, 1.82) is 0 Å². The lowest BCUT2D eigenvalue weighted by Crippen LogP contribution is -2.36. The standard InChI is InChI=1S/C21H44N2O6/c1-16(2)22(6)10-20(24)14-26-12-18(4)28-7-8-29-19(5)13-27-15-21(25)11-23-9-17(23)3/h16-21,24-25H,7-15H2,1-6H3. The predicted molar refractivity (Wildman–Crippen MR) is 113 cm³/mol. The lowest BCUT2D eigenvalue weighted by atomic mass is 10.3. The van der Waals surface area contributed by atoms with Crippen LogP contribution in [0.25, 0.3) is 0 Å². The molecular weight excluding hydrogens is 376 g/mol. The second-order valence-electron chi connectivity index (χ2n) is 8.58. The minimum Gasteiger partial charge on any atom is -0.389 e. The summed E-state index contributed by atoms with van der Waals surface area (Å²) in [6, 6.07) is 0.991. The van der Waals surface area contributed by atoms with Crippen LogP contribution in [0.2, 0.25) is 0 Å². The van der Waals surface area contributed by atoms with Gasteiger partial charge in [0, 0.05) is 31.7 Å². The summed E-state index contributed by atoms with van der Waals surface area (Å²) >= 11 is 0. The number of aliphatic hydroxyl groups excluding tert-OH is 2. The molecule has 0 aliphatic carbocycles. The molecule has 8 nitrogen and oxygen atoms in total. The van der Waals surface area contributed by atoms with E-state index in [9.17, 15) is 10.2 Å². The van der Waals surface area contributed by atoms with Gasteiger partial charge in [0.25, 0.3) is 0 Å². The smallest absolute Gasteiger partial charge is 0.0900 e. The summed E-state index contributed by atoms with van der Waals surface area (Å²) in [7, 11) is 1.99. The van der Waals surface area contributed by atoms with Crippen LogP contribution in [0, 0.1) is 0 Å². The minimum atomic E-state index is -0.498. The van der Waals surface area contributed by atoms with Crippen molar-refractivity contribution in [3.8, 4) is 0 Å². The SMILES string of the molecule is CC(COCC(O)CN(C)C(C)C)OCCOC(C)COCC(O)CN1CC1C. The van der Waals surface area contributed by atoms with E-state index in [1.807, 2.05) is 20.9 Å². The van der Waals surface area contributed by atoms with Crippen molar-refractivity contribution in [1.82, 2.24) is 9.80 Å². The van der Waals surface area contributed by atoms with Crippen molar-refractivity contribution >= 4 is 0 Å². The second-order valence-corrected chi connectivity index (χ2v) is 8.58. The highest BCUT2D eigenvalue weighted by Crippen LogP contribution is 2.15. The molecule has 0 aromatic rings. The zero-order valence-corrected chi connectivity index (χ0v) is 19.2. The summed E-state index contributed by atoms with van der Waals surface area (Å²) in [5.41, 5.74) is 0. The first-order valence-corrected chi connectivity index (χ1v) is 10.9. The maximum atomic E-state index is 9.96. The van der Waals surface area contributed by atoms with Gasteiger partial charge in [0.2, 0.25) is 0 Å². The van der Waals surface area contributed by atoms with Gasteiger partial charge in [-0.3, -0.25) is 4.90 Å². The van der Waals surface area contributed by atoms with E-state index in [-0.39, 0.29) is 12.2 Å². The molecule has 0 aromatic heterocycles. The number of ether oxygens (including phenoxy) is 4. The van der Waals surface area contributed by atoms with E-state index in [2.05, 4.69) is 30.6 Å². The molecule has 174 valence electrons. The molecule has 1 rings (SSSR count). The lowest BCUT2D eigenvalue weighted by molar-refractivity contribution is -0.0715. The number of nitrogens with zero attached hydrogens (tertiary/aromatic N) is 2. The van der Waals surface area contributed by atoms with E-state index < -0.39 is 12.2 Å². The fraction of sp³-hybridized carbons (Fsp3) is 1.00. The maximum Gasteiger partial charge on any atom is 0.0900 e. The van der Waals surface area contributed by atoms with E-state index in [4.69, 9.17) is 18.9 Å². The number of rotatable bonds is 18. The van der Waals surface area contributed by atoms with Gasteiger partial charge in [-0.05, 0) is 41.7 Å². The Bertz CT molecular complexity index is 415. The van der Waals surface area contributed by atoms with Gasteiger partial charge < -0.3 is 34.1 Å². The Morgan fingerprint density at radius 1 is 0.897 bits per heavy atom. The van der Waals surface area contributed by atoms with Gasteiger partial charge in [-0.1, -0.05) is 0 Å². The highest BCUT2D eigenvalue weighted by atomic mass is 16.6. The van der Waals surface area contributed by atoms with Gasteiger partial charge in [0.1, 0.15) is 0 Å². The second kappa shape index (κ2) is 14.6. The van der Waals surface area contributed by atoms with Crippen molar-refractivity contribution in [2.24, 2.45) is 0 Å². The highest BCUT2D eigenvalue weighted by Gasteiger charge is 2.30. The van der Waals surface area contributed by atoms with Crippen LogP contribution < -0.4 is 0 Å². The summed E-state index contributed by atoms with van der Waals surface area (Å²) in [6.07, 6.45) is -1.05. The van der Waals surface area contributed by atoms with Crippen molar-refractivity contribution in [2.45, 2.75) is 71.1 Å². The van der Waals surface area contributed by atoms with Crippen LogP contribution >= 0.6 is 0 Å². The van der Waals surface area contributed by atoms with Crippen LogP contribution in [0.3, 0.4) is 0 Å². The van der Waals surface area contributed by atoms with Crippen molar-refractivity contribution in [3.63, 3.8) is 0 Å². The molecule has 0 radical (unpaired) electrons. The van der Waals surface area contributed by atoms with Crippen molar-refractivity contribution < 1.29 is 29.2 Å². The molecule has 0 aromatic carbocycles. The molecule has 6 unspecified atom stereocenters. The Kier molecular flexibility index (Phi) is 13.5. The topological polar surface area (TPSA) is 83.6 Å². The number of aliphatic hydroxyl groups is 2.